The van der Waals surface area contributed by atoms with Crippen molar-refractivity contribution in [2.75, 3.05) is 37.6 Å². The average molecular weight is 307 g/mol. The molecule has 1 aliphatic heterocycles. The van der Waals surface area contributed by atoms with Gasteiger partial charge in [0.2, 0.25) is 0 Å². The van der Waals surface area contributed by atoms with E-state index in [0.717, 1.165) is 37.4 Å². The average Bonchev–Trinajstić information content (AvgIpc) is 2.37. The minimum absolute atomic E-state index is 0.448. The number of benzene rings is 1. The zero-order valence-electron chi connectivity index (χ0n) is 13.1. The van der Waals surface area contributed by atoms with Crippen molar-refractivity contribution >= 4 is 22.9 Å². The highest BCUT2D eigenvalue weighted by Gasteiger charge is 2.24. The first-order valence-electron chi connectivity index (χ1n) is 7.36. The van der Waals surface area contributed by atoms with Gasteiger partial charge in [-0.3, -0.25) is 4.90 Å². The molecule has 0 amide bonds. The van der Waals surface area contributed by atoms with E-state index in [9.17, 15) is 5.11 Å². The van der Waals surface area contributed by atoms with Gasteiger partial charge in [-0.2, -0.15) is 0 Å². The van der Waals surface area contributed by atoms with Gasteiger partial charge in [0, 0.05) is 44.0 Å². The van der Waals surface area contributed by atoms with Crippen molar-refractivity contribution in [2.24, 2.45) is 5.73 Å². The molecule has 0 bridgehead atoms. The summed E-state index contributed by atoms with van der Waals surface area (Å²) in [6.45, 7) is 10.2. The van der Waals surface area contributed by atoms with Crippen molar-refractivity contribution in [1.29, 1.82) is 0 Å². The van der Waals surface area contributed by atoms with Crippen LogP contribution in [0.15, 0.2) is 18.2 Å². The number of aliphatic hydroxyl groups is 1. The second-order valence-electron chi connectivity index (χ2n) is 6.46. The Balaban J connectivity index is 2.09. The fourth-order valence-corrected chi connectivity index (χ4v) is 2.98. The molecule has 21 heavy (non-hydrogen) atoms. The fraction of sp³-hybridized carbons (Fsp3) is 0.562. The molecule has 5 heteroatoms. The molecule has 0 aliphatic carbocycles. The van der Waals surface area contributed by atoms with Crippen LogP contribution in [0.1, 0.15) is 25.0 Å². The van der Waals surface area contributed by atoms with E-state index in [1.807, 2.05) is 26.0 Å². The lowest BCUT2D eigenvalue weighted by Gasteiger charge is -2.39. The summed E-state index contributed by atoms with van der Waals surface area (Å²) in [5, 5.41) is 9.92. The number of anilines is 1. The summed E-state index contributed by atoms with van der Waals surface area (Å²) in [7, 11) is 0. The first-order valence-corrected chi connectivity index (χ1v) is 7.77. The Morgan fingerprint density at radius 3 is 2.43 bits per heavy atom. The van der Waals surface area contributed by atoms with Gasteiger partial charge in [0.1, 0.15) is 4.99 Å². The van der Waals surface area contributed by atoms with Gasteiger partial charge >= 0.3 is 0 Å². The Kier molecular flexibility index (Phi) is 4.86. The van der Waals surface area contributed by atoms with E-state index in [4.69, 9.17) is 18.0 Å². The molecule has 1 aromatic rings. The van der Waals surface area contributed by atoms with Crippen LogP contribution in [0.5, 0.6) is 0 Å². The number of rotatable bonds is 4. The molecule has 0 saturated carbocycles. The molecular formula is C16H25N3OS. The van der Waals surface area contributed by atoms with Gasteiger partial charge in [-0.05, 0) is 38.5 Å². The Labute approximate surface area is 132 Å². The lowest BCUT2D eigenvalue weighted by atomic mass is 10.1. The highest BCUT2D eigenvalue weighted by atomic mass is 32.1. The Morgan fingerprint density at radius 2 is 1.90 bits per heavy atom. The first-order chi connectivity index (χ1) is 9.76. The first kappa shape index (κ1) is 16.2. The number of aryl methyl sites for hydroxylation is 1. The smallest absolute Gasteiger partial charge is 0.106 e. The largest absolute Gasteiger partial charge is 0.389 e. The van der Waals surface area contributed by atoms with Crippen LogP contribution in [-0.2, 0) is 0 Å². The monoisotopic (exact) mass is 307 g/mol. The number of β-amino-alcohol motifs (C(OH)–C–C–N with tert-alkyl or cyclic N) is 1. The summed E-state index contributed by atoms with van der Waals surface area (Å²) >= 11 is 5.16. The normalized spacial score (nSPS) is 17.0. The minimum Gasteiger partial charge on any atom is -0.389 e. The molecule has 0 atom stereocenters. The van der Waals surface area contributed by atoms with Gasteiger partial charge in [0.05, 0.1) is 5.60 Å². The molecular weight excluding hydrogens is 282 g/mol. The standard InChI is InChI=1S/C16H25N3OS/c1-12-4-5-13(15(17)21)14(10-12)19-8-6-18(7-9-19)11-16(2,3)20/h4-5,10,20H,6-9,11H2,1-3H3,(H2,17,21). The Morgan fingerprint density at radius 1 is 1.29 bits per heavy atom. The van der Waals surface area contributed by atoms with Crippen molar-refractivity contribution in [3.63, 3.8) is 0 Å². The molecule has 1 aliphatic rings. The van der Waals surface area contributed by atoms with Crippen molar-refractivity contribution in [2.45, 2.75) is 26.4 Å². The summed E-state index contributed by atoms with van der Waals surface area (Å²) in [4.78, 5) is 5.08. The number of hydrogen-bond donors (Lipinski definition) is 2. The SMILES string of the molecule is Cc1ccc(C(N)=S)c(N2CCN(CC(C)(C)O)CC2)c1. The van der Waals surface area contributed by atoms with Crippen LogP contribution in [0.4, 0.5) is 5.69 Å². The predicted octanol–water partition coefficient (Wildman–Crippen LogP) is 1.52. The van der Waals surface area contributed by atoms with E-state index < -0.39 is 5.60 Å². The molecule has 1 aromatic carbocycles. The van der Waals surface area contributed by atoms with Crippen LogP contribution in [0.25, 0.3) is 0 Å². The molecule has 4 nitrogen and oxygen atoms in total. The predicted molar refractivity (Wildman–Crippen MR) is 92.0 cm³/mol. The van der Waals surface area contributed by atoms with E-state index in [2.05, 4.69) is 22.8 Å². The van der Waals surface area contributed by atoms with Gasteiger partial charge in [0.25, 0.3) is 0 Å². The van der Waals surface area contributed by atoms with E-state index in [1.54, 1.807) is 0 Å². The maximum atomic E-state index is 9.92. The van der Waals surface area contributed by atoms with Gasteiger partial charge in [-0.25, -0.2) is 0 Å². The van der Waals surface area contributed by atoms with Crippen molar-refractivity contribution in [1.82, 2.24) is 4.90 Å². The number of hydrogen-bond acceptors (Lipinski definition) is 4. The van der Waals surface area contributed by atoms with Crippen molar-refractivity contribution in [3.8, 4) is 0 Å². The zero-order valence-corrected chi connectivity index (χ0v) is 13.9. The van der Waals surface area contributed by atoms with E-state index in [0.29, 0.717) is 11.5 Å². The molecule has 0 radical (unpaired) electrons. The highest BCUT2D eigenvalue weighted by molar-refractivity contribution is 7.80. The Bertz CT molecular complexity index is 517. The Hall–Kier alpha value is -1.17. The maximum Gasteiger partial charge on any atom is 0.106 e. The van der Waals surface area contributed by atoms with Gasteiger partial charge < -0.3 is 15.7 Å². The summed E-state index contributed by atoms with van der Waals surface area (Å²) in [5.41, 5.74) is 8.49. The number of piperazine rings is 1. The fourth-order valence-electron chi connectivity index (χ4n) is 2.81. The molecule has 0 spiro atoms. The summed E-state index contributed by atoms with van der Waals surface area (Å²) < 4.78 is 0. The third-order valence-electron chi connectivity index (χ3n) is 3.74. The molecule has 3 N–H and O–H groups in total. The quantitative estimate of drug-likeness (QED) is 0.826. The number of thiocarbonyl (C=S) groups is 1. The van der Waals surface area contributed by atoms with E-state index in [1.165, 1.54) is 5.56 Å². The third-order valence-corrected chi connectivity index (χ3v) is 3.96. The second-order valence-corrected chi connectivity index (χ2v) is 6.90. The van der Waals surface area contributed by atoms with Crippen LogP contribution in [0.3, 0.4) is 0 Å². The van der Waals surface area contributed by atoms with Crippen LogP contribution in [-0.4, -0.2) is 53.3 Å². The van der Waals surface area contributed by atoms with E-state index >= 15 is 0 Å². The summed E-state index contributed by atoms with van der Waals surface area (Å²) in [6, 6.07) is 6.21. The maximum absolute atomic E-state index is 9.92. The zero-order chi connectivity index (χ0) is 15.6. The number of nitrogens with zero attached hydrogens (tertiary/aromatic N) is 2. The minimum atomic E-state index is -0.643. The second kappa shape index (κ2) is 6.30. The van der Waals surface area contributed by atoms with Gasteiger partial charge in [-0.15, -0.1) is 0 Å². The van der Waals surface area contributed by atoms with E-state index in [-0.39, 0.29) is 0 Å². The molecule has 2 rings (SSSR count). The molecule has 1 heterocycles. The van der Waals surface area contributed by atoms with Crippen LogP contribution in [0.2, 0.25) is 0 Å². The van der Waals surface area contributed by atoms with Gasteiger partial charge in [-0.1, -0.05) is 18.3 Å². The molecule has 0 unspecified atom stereocenters. The lowest BCUT2D eigenvalue weighted by Crippen LogP contribution is -2.50. The molecule has 1 fully saturated rings. The van der Waals surface area contributed by atoms with Crippen molar-refractivity contribution in [3.05, 3.63) is 29.3 Å². The van der Waals surface area contributed by atoms with Crippen molar-refractivity contribution < 1.29 is 5.11 Å². The molecule has 116 valence electrons. The van der Waals surface area contributed by atoms with Crippen LogP contribution < -0.4 is 10.6 Å². The van der Waals surface area contributed by atoms with Gasteiger partial charge in [0.15, 0.2) is 0 Å². The van der Waals surface area contributed by atoms with Crippen LogP contribution in [0, 0.1) is 6.92 Å². The summed E-state index contributed by atoms with van der Waals surface area (Å²) in [5.74, 6) is 0. The third kappa shape index (κ3) is 4.40. The topological polar surface area (TPSA) is 52.7 Å². The lowest BCUT2D eigenvalue weighted by molar-refractivity contribution is 0.0345. The number of nitrogens with two attached hydrogens (primary N) is 1. The highest BCUT2D eigenvalue weighted by Crippen LogP contribution is 2.24. The summed E-state index contributed by atoms with van der Waals surface area (Å²) in [6.07, 6.45) is 0. The molecule has 0 aromatic heterocycles. The van der Waals surface area contributed by atoms with Crippen LogP contribution >= 0.6 is 12.2 Å². The molecule has 1 saturated heterocycles.